The molecule has 0 bridgehead atoms. The Hall–Kier alpha value is 0.660. The summed E-state index contributed by atoms with van der Waals surface area (Å²) < 4.78 is 0. The normalized spacial score (nSPS) is 30.3. The molecule has 1 aliphatic carbocycles. The van der Waals surface area contributed by atoms with Gasteiger partial charge in [0.15, 0.2) is 0 Å². The second-order valence-corrected chi connectivity index (χ2v) is 9.09. The highest BCUT2D eigenvalue weighted by molar-refractivity contribution is 8.07. The molecule has 20 heavy (non-hydrogen) atoms. The van der Waals surface area contributed by atoms with Gasteiger partial charge in [-0.15, -0.1) is 0 Å². The molecule has 2 fully saturated rings. The molecule has 1 nitrogen and oxygen atoms in total. The van der Waals surface area contributed by atoms with Gasteiger partial charge in [0.1, 0.15) is 0 Å². The molecule has 0 aromatic rings. The molecule has 0 aromatic heterocycles. The third kappa shape index (κ3) is 5.14. The van der Waals surface area contributed by atoms with Crippen LogP contribution in [0.3, 0.4) is 0 Å². The second-order valence-electron chi connectivity index (χ2n) is 6.45. The average molecular weight is 316 g/mol. The van der Waals surface area contributed by atoms with Crippen molar-refractivity contribution < 1.29 is 0 Å². The third-order valence-corrected chi connectivity index (χ3v) is 8.27. The van der Waals surface area contributed by atoms with E-state index in [-0.39, 0.29) is 0 Å². The molecule has 0 radical (unpaired) electrons. The lowest BCUT2D eigenvalue weighted by molar-refractivity contribution is 0.292. The van der Waals surface area contributed by atoms with E-state index < -0.39 is 0 Å². The molecular formula is C17H33NS2. The van der Waals surface area contributed by atoms with Crippen molar-refractivity contribution in [2.24, 2.45) is 5.92 Å². The monoisotopic (exact) mass is 315 g/mol. The molecular weight excluding hydrogens is 282 g/mol. The van der Waals surface area contributed by atoms with Gasteiger partial charge in [0.25, 0.3) is 0 Å². The SMILES string of the molecule is CCCNC(CC1CCCCC1)C1SCCSC1CC. The highest BCUT2D eigenvalue weighted by atomic mass is 32.2. The number of nitrogens with one attached hydrogen (secondary N) is 1. The van der Waals surface area contributed by atoms with E-state index in [1.54, 1.807) is 0 Å². The van der Waals surface area contributed by atoms with E-state index in [0.29, 0.717) is 0 Å². The van der Waals surface area contributed by atoms with E-state index in [1.807, 2.05) is 0 Å². The molecule has 1 heterocycles. The van der Waals surface area contributed by atoms with Crippen LogP contribution in [0.4, 0.5) is 0 Å². The fourth-order valence-electron chi connectivity index (χ4n) is 3.76. The summed E-state index contributed by atoms with van der Waals surface area (Å²) in [7, 11) is 0. The first kappa shape index (κ1) is 17.0. The number of rotatable bonds is 7. The van der Waals surface area contributed by atoms with Crippen molar-refractivity contribution >= 4 is 23.5 Å². The number of hydrogen-bond acceptors (Lipinski definition) is 3. The minimum absolute atomic E-state index is 0.765. The molecule has 0 amide bonds. The molecule has 1 N–H and O–H groups in total. The first-order valence-corrected chi connectivity index (χ1v) is 10.9. The lowest BCUT2D eigenvalue weighted by Crippen LogP contribution is -2.46. The highest BCUT2D eigenvalue weighted by Gasteiger charge is 2.33. The Morgan fingerprint density at radius 2 is 1.80 bits per heavy atom. The van der Waals surface area contributed by atoms with E-state index in [2.05, 4.69) is 42.7 Å². The summed E-state index contributed by atoms with van der Waals surface area (Å²) in [5, 5.41) is 5.65. The Balaban J connectivity index is 1.93. The summed E-state index contributed by atoms with van der Waals surface area (Å²) in [6, 6.07) is 0.765. The van der Waals surface area contributed by atoms with Gasteiger partial charge in [0, 0.05) is 28.0 Å². The molecule has 118 valence electrons. The van der Waals surface area contributed by atoms with Crippen molar-refractivity contribution in [1.29, 1.82) is 0 Å². The van der Waals surface area contributed by atoms with Gasteiger partial charge in [0.2, 0.25) is 0 Å². The Morgan fingerprint density at radius 3 is 2.50 bits per heavy atom. The van der Waals surface area contributed by atoms with E-state index in [1.165, 1.54) is 69.4 Å². The minimum atomic E-state index is 0.765. The third-order valence-electron chi connectivity index (χ3n) is 4.86. The molecule has 0 aromatic carbocycles. The molecule has 1 saturated carbocycles. The first-order chi connectivity index (χ1) is 9.85. The molecule has 3 atom stereocenters. The van der Waals surface area contributed by atoms with Gasteiger partial charge in [-0.3, -0.25) is 0 Å². The predicted octanol–water partition coefficient (Wildman–Crippen LogP) is 4.95. The fraction of sp³-hybridized carbons (Fsp3) is 1.00. The summed E-state index contributed by atoms with van der Waals surface area (Å²) in [5.41, 5.74) is 0. The zero-order valence-corrected chi connectivity index (χ0v) is 15.0. The summed E-state index contributed by atoms with van der Waals surface area (Å²) in [5.74, 6) is 3.73. The molecule has 1 saturated heterocycles. The van der Waals surface area contributed by atoms with E-state index in [9.17, 15) is 0 Å². The molecule has 1 aliphatic heterocycles. The lowest BCUT2D eigenvalue weighted by atomic mass is 9.83. The largest absolute Gasteiger partial charge is 0.313 e. The molecule has 2 aliphatic rings. The Morgan fingerprint density at radius 1 is 1.05 bits per heavy atom. The van der Waals surface area contributed by atoms with Crippen molar-refractivity contribution in [2.75, 3.05) is 18.1 Å². The number of thioether (sulfide) groups is 2. The zero-order valence-electron chi connectivity index (χ0n) is 13.4. The van der Waals surface area contributed by atoms with Gasteiger partial charge in [-0.1, -0.05) is 46.0 Å². The smallest absolute Gasteiger partial charge is 0.0320 e. The molecule has 3 heteroatoms. The Bertz CT molecular complexity index is 253. The van der Waals surface area contributed by atoms with E-state index in [4.69, 9.17) is 0 Å². The van der Waals surface area contributed by atoms with Gasteiger partial charge in [-0.25, -0.2) is 0 Å². The van der Waals surface area contributed by atoms with Gasteiger partial charge in [0.05, 0.1) is 0 Å². The molecule has 0 spiro atoms. The van der Waals surface area contributed by atoms with Crippen molar-refractivity contribution in [3.05, 3.63) is 0 Å². The number of hydrogen-bond donors (Lipinski definition) is 1. The van der Waals surface area contributed by atoms with Crippen LogP contribution in [0.1, 0.15) is 65.2 Å². The van der Waals surface area contributed by atoms with Crippen molar-refractivity contribution in [3.8, 4) is 0 Å². The lowest BCUT2D eigenvalue weighted by Gasteiger charge is -2.38. The maximum absolute atomic E-state index is 3.92. The van der Waals surface area contributed by atoms with Crippen LogP contribution < -0.4 is 5.32 Å². The predicted molar refractivity (Wildman–Crippen MR) is 96.1 cm³/mol. The average Bonchev–Trinajstić information content (AvgIpc) is 2.52. The van der Waals surface area contributed by atoms with Crippen LogP contribution in [-0.4, -0.2) is 34.6 Å². The van der Waals surface area contributed by atoms with Gasteiger partial charge < -0.3 is 5.32 Å². The fourth-order valence-corrected chi connectivity index (χ4v) is 7.03. The van der Waals surface area contributed by atoms with Crippen molar-refractivity contribution in [3.63, 3.8) is 0 Å². The van der Waals surface area contributed by atoms with Crippen molar-refractivity contribution in [2.45, 2.75) is 81.8 Å². The topological polar surface area (TPSA) is 12.0 Å². The van der Waals surface area contributed by atoms with Crippen LogP contribution in [0.15, 0.2) is 0 Å². The van der Waals surface area contributed by atoms with Crippen LogP contribution in [-0.2, 0) is 0 Å². The van der Waals surface area contributed by atoms with Crippen LogP contribution >= 0.6 is 23.5 Å². The zero-order chi connectivity index (χ0) is 14.2. The van der Waals surface area contributed by atoms with Crippen LogP contribution in [0.25, 0.3) is 0 Å². The summed E-state index contributed by atoms with van der Waals surface area (Å²) in [6.45, 7) is 5.88. The maximum atomic E-state index is 3.92. The summed E-state index contributed by atoms with van der Waals surface area (Å²) >= 11 is 4.49. The quantitative estimate of drug-likeness (QED) is 0.713. The second kappa shape index (κ2) is 9.63. The minimum Gasteiger partial charge on any atom is -0.313 e. The summed E-state index contributed by atoms with van der Waals surface area (Å²) in [4.78, 5) is 0. The van der Waals surface area contributed by atoms with E-state index in [0.717, 1.165) is 22.5 Å². The van der Waals surface area contributed by atoms with Crippen LogP contribution in [0.5, 0.6) is 0 Å². The van der Waals surface area contributed by atoms with Crippen LogP contribution in [0.2, 0.25) is 0 Å². The Labute approximate surface area is 134 Å². The standard InChI is InChI=1S/C17H33NS2/c1-3-10-18-15(13-14-8-6-5-7-9-14)17-16(4-2)19-11-12-20-17/h14-18H,3-13H2,1-2H3. The molecule has 3 unspecified atom stereocenters. The highest BCUT2D eigenvalue weighted by Crippen LogP contribution is 2.38. The van der Waals surface area contributed by atoms with Crippen molar-refractivity contribution in [1.82, 2.24) is 5.32 Å². The van der Waals surface area contributed by atoms with Crippen LogP contribution in [0, 0.1) is 5.92 Å². The molecule has 2 rings (SSSR count). The van der Waals surface area contributed by atoms with Gasteiger partial charge in [-0.05, 0) is 31.7 Å². The van der Waals surface area contributed by atoms with E-state index >= 15 is 0 Å². The first-order valence-electron chi connectivity index (χ1n) is 8.81. The van der Waals surface area contributed by atoms with Gasteiger partial charge >= 0.3 is 0 Å². The maximum Gasteiger partial charge on any atom is 0.0320 e. The summed E-state index contributed by atoms with van der Waals surface area (Å²) in [6.07, 6.45) is 11.5. The Kier molecular flexibility index (Phi) is 8.20. The van der Waals surface area contributed by atoms with Gasteiger partial charge in [-0.2, -0.15) is 23.5 Å².